The summed E-state index contributed by atoms with van der Waals surface area (Å²) in [6.45, 7) is 9.00. The quantitative estimate of drug-likeness (QED) is 0.781. The maximum atomic E-state index is 12.0. The van der Waals surface area contributed by atoms with E-state index >= 15 is 0 Å². The fourth-order valence-corrected chi connectivity index (χ4v) is 1.68. The number of rotatable bonds is 4. The lowest BCUT2D eigenvalue weighted by molar-refractivity contribution is -0.122. The molecule has 22 heavy (non-hydrogen) atoms. The molecule has 7 heteroatoms. The molecule has 1 atom stereocenters. The molecule has 1 aromatic heterocycles. The molecule has 0 saturated heterocycles. The molecule has 2 amide bonds. The van der Waals surface area contributed by atoms with E-state index in [1.807, 2.05) is 13.0 Å². The van der Waals surface area contributed by atoms with Gasteiger partial charge in [-0.1, -0.05) is 6.07 Å². The number of nitrogens with two attached hydrogens (primary N) is 1. The van der Waals surface area contributed by atoms with Crippen LogP contribution in [0.25, 0.3) is 0 Å². The molecule has 7 nitrogen and oxygen atoms in total. The summed E-state index contributed by atoms with van der Waals surface area (Å²) in [6.07, 6.45) is -0.625. The van der Waals surface area contributed by atoms with Gasteiger partial charge >= 0.3 is 6.09 Å². The summed E-state index contributed by atoms with van der Waals surface area (Å²) in [7, 11) is 0. The van der Waals surface area contributed by atoms with Crippen molar-refractivity contribution in [3.8, 4) is 0 Å². The van der Waals surface area contributed by atoms with Crippen LogP contribution in [0.15, 0.2) is 12.1 Å². The third-order valence-electron chi connectivity index (χ3n) is 2.80. The first-order chi connectivity index (χ1) is 10.1. The Morgan fingerprint density at radius 2 is 2.00 bits per heavy atom. The van der Waals surface area contributed by atoms with Crippen LogP contribution in [-0.4, -0.2) is 28.6 Å². The molecule has 1 unspecified atom stereocenters. The van der Waals surface area contributed by atoms with E-state index in [-0.39, 0.29) is 5.91 Å². The number of alkyl carbamates (subject to hydrolysis) is 1. The van der Waals surface area contributed by atoms with Crippen molar-refractivity contribution in [2.75, 3.05) is 5.73 Å². The molecule has 0 aromatic carbocycles. The van der Waals surface area contributed by atoms with Crippen LogP contribution < -0.4 is 16.4 Å². The average Bonchev–Trinajstić information content (AvgIpc) is 2.34. The van der Waals surface area contributed by atoms with E-state index in [2.05, 4.69) is 15.6 Å². The van der Waals surface area contributed by atoms with E-state index in [4.69, 9.17) is 10.5 Å². The molecule has 0 aliphatic rings. The number of hydrogen-bond acceptors (Lipinski definition) is 5. The fraction of sp³-hybridized carbons (Fsp3) is 0.533. The number of hydrogen-bond donors (Lipinski definition) is 3. The van der Waals surface area contributed by atoms with Crippen LogP contribution in [0.2, 0.25) is 0 Å². The molecule has 0 bridgehead atoms. The summed E-state index contributed by atoms with van der Waals surface area (Å²) in [5.74, 6) is 0.134. The van der Waals surface area contributed by atoms with Gasteiger partial charge in [0.1, 0.15) is 17.5 Å². The lowest BCUT2D eigenvalue weighted by Gasteiger charge is -2.21. The molecular formula is C15H24N4O3. The van der Waals surface area contributed by atoms with Gasteiger partial charge in [-0.05, 0) is 46.2 Å². The summed E-state index contributed by atoms with van der Waals surface area (Å²) in [5, 5.41) is 5.22. The first-order valence-electron chi connectivity index (χ1n) is 7.07. The predicted molar refractivity (Wildman–Crippen MR) is 84.1 cm³/mol. The first kappa shape index (κ1) is 17.7. The molecule has 0 aliphatic carbocycles. The molecule has 4 N–H and O–H groups in total. The van der Waals surface area contributed by atoms with Crippen LogP contribution in [0.4, 0.5) is 10.6 Å². The number of ether oxygens (including phenoxy) is 1. The first-order valence-corrected chi connectivity index (χ1v) is 7.07. The Labute approximate surface area is 130 Å². The second-order valence-electron chi connectivity index (χ2n) is 6.07. The number of nitrogen functional groups attached to an aromatic ring is 1. The van der Waals surface area contributed by atoms with Gasteiger partial charge in [0.15, 0.2) is 0 Å². The smallest absolute Gasteiger partial charge is 0.408 e. The Hall–Kier alpha value is -2.31. The second kappa shape index (κ2) is 7.11. The lowest BCUT2D eigenvalue weighted by Crippen LogP contribution is -2.46. The number of anilines is 1. The normalized spacial score (nSPS) is 12.4. The molecule has 0 radical (unpaired) electrons. The van der Waals surface area contributed by atoms with E-state index in [0.29, 0.717) is 12.4 Å². The highest BCUT2D eigenvalue weighted by atomic mass is 16.6. The summed E-state index contributed by atoms with van der Waals surface area (Å²) < 4.78 is 5.10. The van der Waals surface area contributed by atoms with Crippen LogP contribution >= 0.6 is 0 Å². The van der Waals surface area contributed by atoms with Gasteiger partial charge in [-0.25, -0.2) is 9.78 Å². The van der Waals surface area contributed by atoms with Crippen LogP contribution in [-0.2, 0) is 16.1 Å². The SMILES string of the molecule is Cc1nc(N)ccc1CNC(=O)C(C)NC(=O)OC(C)(C)C. The van der Waals surface area contributed by atoms with Gasteiger partial charge in [-0.15, -0.1) is 0 Å². The number of pyridine rings is 1. The van der Waals surface area contributed by atoms with E-state index in [1.165, 1.54) is 0 Å². The standard InChI is InChI=1S/C15H24N4O3/c1-9-11(6-7-12(16)18-9)8-17-13(20)10(2)19-14(21)22-15(3,4)5/h6-7,10H,8H2,1-5H3,(H2,16,18)(H,17,20)(H,19,21). The summed E-state index contributed by atoms with van der Waals surface area (Å²) in [5.41, 5.74) is 6.60. The molecule has 122 valence electrons. The van der Waals surface area contributed by atoms with E-state index in [1.54, 1.807) is 33.8 Å². The van der Waals surface area contributed by atoms with Gasteiger partial charge in [-0.3, -0.25) is 4.79 Å². The Balaban J connectivity index is 2.49. The third kappa shape index (κ3) is 5.99. The zero-order valence-electron chi connectivity index (χ0n) is 13.7. The largest absolute Gasteiger partial charge is 0.444 e. The number of carbonyl (C=O) groups excluding carboxylic acids is 2. The van der Waals surface area contributed by atoms with Crippen molar-refractivity contribution < 1.29 is 14.3 Å². The maximum absolute atomic E-state index is 12.0. The van der Waals surface area contributed by atoms with Crippen molar-refractivity contribution in [3.05, 3.63) is 23.4 Å². The minimum atomic E-state index is -0.697. The predicted octanol–water partition coefficient (Wildman–Crippen LogP) is 1.50. The molecule has 1 aromatic rings. The zero-order chi connectivity index (χ0) is 16.9. The van der Waals surface area contributed by atoms with Gasteiger partial charge in [0, 0.05) is 12.2 Å². The Bertz CT molecular complexity index is 552. The number of amides is 2. The van der Waals surface area contributed by atoms with Crippen molar-refractivity contribution in [2.45, 2.75) is 52.8 Å². The second-order valence-corrected chi connectivity index (χ2v) is 6.07. The molecule has 1 rings (SSSR count). The van der Waals surface area contributed by atoms with E-state index in [9.17, 15) is 9.59 Å². The van der Waals surface area contributed by atoms with Crippen molar-refractivity contribution >= 4 is 17.8 Å². The summed E-state index contributed by atoms with van der Waals surface area (Å²) >= 11 is 0. The van der Waals surface area contributed by atoms with Gasteiger partial charge in [0.2, 0.25) is 5.91 Å². The van der Waals surface area contributed by atoms with Crippen LogP contribution in [0.5, 0.6) is 0 Å². The topological polar surface area (TPSA) is 106 Å². The molecule has 0 aliphatic heterocycles. The fourth-order valence-electron chi connectivity index (χ4n) is 1.68. The van der Waals surface area contributed by atoms with Gasteiger partial charge in [0.25, 0.3) is 0 Å². The van der Waals surface area contributed by atoms with Crippen molar-refractivity contribution in [2.24, 2.45) is 0 Å². The summed E-state index contributed by atoms with van der Waals surface area (Å²) in [6, 6.07) is 2.79. The Kier molecular flexibility index (Phi) is 5.73. The van der Waals surface area contributed by atoms with Crippen LogP contribution in [0.1, 0.15) is 39.0 Å². The number of aryl methyl sites for hydroxylation is 1. The minimum Gasteiger partial charge on any atom is -0.444 e. The highest BCUT2D eigenvalue weighted by molar-refractivity contribution is 5.85. The lowest BCUT2D eigenvalue weighted by atomic mass is 10.2. The molecule has 0 fully saturated rings. The van der Waals surface area contributed by atoms with Crippen LogP contribution in [0, 0.1) is 6.92 Å². The highest BCUT2D eigenvalue weighted by Gasteiger charge is 2.20. The Morgan fingerprint density at radius 1 is 1.36 bits per heavy atom. The summed E-state index contributed by atoms with van der Waals surface area (Å²) in [4.78, 5) is 27.7. The minimum absolute atomic E-state index is 0.304. The number of nitrogens with one attached hydrogen (secondary N) is 2. The number of nitrogens with zero attached hydrogens (tertiary/aromatic N) is 1. The van der Waals surface area contributed by atoms with Crippen molar-refractivity contribution in [1.29, 1.82) is 0 Å². The van der Waals surface area contributed by atoms with Gasteiger partial charge < -0.3 is 21.1 Å². The highest BCUT2D eigenvalue weighted by Crippen LogP contribution is 2.08. The van der Waals surface area contributed by atoms with E-state index < -0.39 is 17.7 Å². The zero-order valence-corrected chi connectivity index (χ0v) is 13.7. The molecule has 0 spiro atoms. The van der Waals surface area contributed by atoms with Gasteiger partial charge in [-0.2, -0.15) is 0 Å². The molecule has 0 saturated carbocycles. The van der Waals surface area contributed by atoms with E-state index in [0.717, 1.165) is 11.3 Å². The number of aromatic nitrogens is 1. The molecular weight excluding hydrogens is 284 g/mol. The van der Waals surface area contributed by atoms with Gasteiger partial charge in [0.05, 0.1) is 0 Å². The third-order valence-corrected chi connectivity index (χ3v) is 2.80. The average molecular weight is 308 g/mol. The monoisotopic (exact) mass is 308 g/mol. The Morgan fingerprint density at radius 3 is 2.55 bits per heavy atom. The maximum Gasteiger partial charge on any atom is 0.408 e. The number of carbonyl (C=O) groups is 2. The van der Waals surface area contributed by atoms with Crippen molar-refractivity contribution in [1.82, 2.24) is 15.6 Å². The molecule has 1 heterocycles. The van der Waals surface area contributed by atoms with Crippen molar-refractivity contribution in [3.63, 3.8) is 0 Å². The van der Waals surface area contributed by atoms with Crippen LogP contribution in [0.3, 0.4) is 0 Å².